The van der Waals surface area contributed by atoms with Crippen LogP contribution in [0.15, 0.2) is 48.5 Å². The minimum atomic E-state index is -0.299. The molecule has 1 aliphatic rings. The second-order valence-electron chi connectivity index (χ2n) is 5.00. The normalized spacial score (nSPS) is 14.5. The second-order valence-corrected chi connectivity index (χ2v) is 5.00. The molecule has 0 aliphatic carbocycles. The number of ether oxygens (including phenoxy) is 2. The van der Waals surface area contributed by atoms with Crippen LogP contribution in [0.4, 0.5) is 0 Å². The van der Waals surface area contributed by atoms with E-state index < -0.39 is 0 Å². The molecule has 0 saturated heterocycles. The lowest BCUT2D eigenvalue weighted by Crippen LogP contribution is -2.17. The summed E-state index contributed by atoms with van der Waals surface area (Å²) in [5.41, 5.74) is 7.66. The molecule has 0 amide bonds. The number of hydrogen-bond donors (Lipinski definition) is 1. The summed E-state index contributed by atoms with van der Waals surface area (Å²) in [6, 6.07) is 14.6. The number of rotatable bonds is 4. The molecule has 0 spiro atoms. The number of ketones is 1. The van der Waals surface area contributed by atoms with Gasteiger partial charge in [0.05, 0.1) is 0 Å². The smallest absolute Gasteiger partial charge is 0.164 e. The van der Waals surface area contributed by atoms with Crippen LogP contribution in [0.25, 0.3) is 0 Å². The molecule has 1 aliphatic heterocycles. The van der Waals surface area contributed by atoms with E-state index in [0.717, 1.165) is 5.56 Å². The first kappa shape index (κ1) is 13.6. The number of carbonyl (C=O) groups is 1. The van der Waals surface area contributed by atoms with Gasteiger partial charge < -0.3 is 15.2 Å². The number of carbonyl (C=O) groups excluding carboxylic acids is 1. The van der Waals surface area contributed by atoms with Gasteiger partial charge in [0.25, 0.3) is 0 Å². The highest BCUT2D eigenvalue weighted by atomic mass is 16.6. The van der Waals surface area contributed by atoms with Crippen LogP contribution in [-0.4, -0.2) is 19.0 Å². The second kappa shape index (κ2) is 5.97. The number of hydrogen-bond acceptors (Lipinski definition) is 4. The van der Waals surface area contributed by atoms with Crippen molar-refractivity contribution in [2.75, 3.05) is 13.2 Å². The molecule has 4 nitrogen and oxygen atoms in total. The summed E-state index contributed by atoms with van der Waals surface area (Å²) in [4.78, 5) is 12.3. The van der Waals surface area contributed by atoms with Gasteiger partial charge in [-0.2, -0.15) is 0 Å². The quantitative estimate of drug-likeness (QED) is 0.876. The number of Topliss-reactive ketones (excluding diaryl/α,β-unsaturated/α-hetero) is 1. The monoisotopic (exact) mass is 283 g/mol. The van der Waals surface area contributed by atoms with Gasteiger partial charge in [0, 0.05) is 18.0 Å². The summed E-state index contributed by atoms with van der Waals surface area (Å²) in [7, 11) is 0. The van der Waals surface area contributed by atoms with Crippen molar-refractivity contribution in [2.24, 2.45) is 5.73 Å². The van der Waals surface area contributed by atoms with Gasteiger partial charge >= 0.3 is 0 Å². The van der Waals surface area contributed by atoms with E-state index in [1.807, 2.05) is 30.3 Å². The van der Waals surface area contributed by atoms with Gasteiger partial charge in [-0.25, -0.2) is 0 Å². The highest BCUT2D eigenvalue weighted by molar-refractivity contribution is 5.97. The van der Waals surface area contributed by atoms with E-state index in [0.29, 0.717) is 30.3 Å². The first-order valence-electron chi connectivity index (χ1n) is 6.97. The molecule has 1 atom stereocenters. The summed E-state index contributed by atoms with van der Waals surface area (Å²) < 4.78 is 10.9. The average Bonchev–Trinajstić information content (AvgIpc) is 2.55. The molecule has 1 heterocycles. The molecule has 1 unspecified atom stereocenters. The summed E-state index contributed by atoms with van der Waals surface area (Å²) in [5.74, 6) is 1.31. The van der Waals surface area contributed by atoms with Gasteiger partial charge in [-0.15, -0.1) is 0 Å². The van der Waals surface area contributed by atoms with Crippen molar-refractivity contribution < 1.29 is 14.3 Å². The van der Waals surface area contributed by atoms with Crippen molar-refractivity contribution >= 4 is 5.78 Å². The fraction of sp³-hybridized carbons (Fsp3) is 0.235. The SMILES string of the molecule is NC(CC(=O)c1ccc2c(c1)OCCO2)c1ccccc1. The van der Waals surface area contributed by atoms with E-state index in [2.05, 4.69) is 0 Å². The zero-order valence-corrected chi connectivity index (χ0v) is 11.6. The van der Waals surface area contributed by atoms with Gasteiger partial charge in [0.1, 0.15) is 13.2 Å². The summed E-state index contributed by atoms with van der Waals surface area (Å²) >= 11 is 0. The lowest BCUT2D eigenvalue weighted by Gasteiger charge is -2.19. The number of nitrogens with two attached hydrogens (primary N) is 1. The predicted molar refractivity (Wildman–Crippen MR) is 79.7 cm³/mol. The zero-order chi connectivity index (χ0) is 14.7. The van der Waals surface area contributed by atoms with Gasteiger partial charge in [-0.1, -0.05) is 30.3 Å². The van der Waals surface area contributed by atoms with Gasteiger partial charge in [-0.3, -0.25) is 4.79 Å². The Morgan fingerprint density at radius 1 is 1.05 bits per heavy atom. The first-order chi connectivity index (χ1) is 10.2. The maximum Gasteiger partial charge on any atom is 0.164 e. The Kier molecular flexibility index (Phi) is 3.88. The molecule has 2 N–H and O–H groups in total. The molecule has 4 heteroatoms. The Morgan fingerprint density at radius 2 is 1.76 bits per heavy atom. The number of fused-ring (bicyclic) bond motifs is 1. The molecule has 0 fully saturated rings. The van der Waals surface area contributed by atoms with Crippen molar-refractivity contribution in [3.8, 4) is 11.5 Å². The minimum absolute atomic E-state index is 0.00308. The summed E-state index contributed by atoms with van der Waals surface area (Å²) in [5, 5.41) is 0. The number of benzene rings is 2. The van der Waals surface area contributed by atoms with E-state index in [9.17, 15) is 4.79 Å². The summed E-state index contributed by atoms with van der Waals surface area (Å²) in [6.45, 7) is 1.05. The molecular formula is C17H17NO3. The zero-order valence-electron chi connectivity index (χ0n) is 11.6. The molecule has 2 aromatic rings. The van der Waals surface area contributed by atoms with Crippen LogP contribution in [0.1, 0.15) is 28.4 Å². The Balaban J connectivity index is 1.73. The van der Waals surface area contributed by atoms with Crippen LogP contribution in [-0.2, 0) is 0 Å². The van der Waals surface area contributed by atoms with Crippen LogP contribution in [0.3, 0.4) is 0 Å². The molecule has 0 aromatic heterocycles. The highest BCUT2D eigenvalue weighted by Gasteiger charge is 2.17. The highest BCUT2D eigenvalue weighted by Crippen LogP contribution is 2.31. The Morgan fingerprint density at radius 3 is 2.52 bits per heavy atom. The van der Waals surface area contributed by atoms with Crippen LogP contribution >= 0.6 is 0 Å². The van der Waals surface area contributed by atoms with Crippen molar-refractivity contribution in [3.05, 3.63) is 59.7 Å². The fourth-order valence-corrected chi connectivity index (χ4v) is 2.35. The third-order valence-corrected chi connectivity index (χ3v) is 3.50. The van der Waals surface area contributed by atoms with Crippen LogP contribution in [0, 0.1) is 0 Å². The standard InChI is InChI=1S/C17H17NO3/c18-14(12-4-2-1-3-5-12)11-15(19)13-6-7-16-17(10-13)21-9-8-20-16/h1-7,10,14H,8-9,11,18H2. The van der Waals surface area contributed by atoms with Crippen molar-refractivity contribution in [1.29, 1.82) is 0 Å². The summed E-state index contributed by atoms with van der Waals surface area (Å²) in [6.07, 6.45) is 0.268. The maximum absolute atomic E-state index is 12.3. The molecular weight excluding hydrogens is 266 g/mol. The van der Waals surface area contributed by atoms with Crippen LogP contribution in [0.2, 0.25) is 0 Å². The maximum atomic E-state index is 12.3. The Labute approximate surface area is 123 Å². The lowest BCUT2D eigenvalue weighted by atomic mass is 9.98. The minimum Gasteiger partial charge on any atom is -0.486 e. The average molecular weight is 283 g/mol. The van der Waals surface area contributed by atoms with Crippen LogP contribution in [0.5, 0.6) is 11.5 Å². The van der Waals surface area contributed by atoms with E-state index >= 15 is 0 Å². The molecule has 0 bridgehead atoms. The molecule has 0 radical (unpaired) electrons. The first-order valence-corrected chi connectivity index (χ1v) is 6.97. The van der Waals surface area contributed by atoms with Crippen LogP contribution < -0.4 is 15.2 Å². The Bertz CT molecular complexity index is 640. The van der Waals surface area contributed by atoms with Crippen molar-refractivity contribution in [3.63, 3.8) is 0 Å². The molecule has 108 valence electrons. The van der Waals surface area contributed by atoms with Gasteiger partial charge in [0.15, 0.2) is 17.3 Å². The topological polar surface area (TPSA) is 61.6 Å². The van der Waals surface area contributed by atoms with E-state index in [4.69, 9.17) is 15.2 Å². The Hall–Kier alpha value is -2.33. The van der Waals surface area contributed by atoms with Gasteiger partial charge in [0.2, 0.25) is 0 Å². The lowest BCUT2D eigenvalue weighted by molar-refractivity contribution is 0.0973. The third-order valence-electron chi connectivity index (χ3n) is 3.50. The largest absolute Gasteiger partial charge is 0.486 e. The van der Waals surface area contributed by atoms with E-state index in [-0.39, 0.29) is 18.2 Å². The van der Waals surface area contributed by atoms with Crippen molar-refractivity contribution in [2.45, 2.75) is 12.5 Å². The fourth-order valence-electron chi connectivity index (χ4n) is 2.35. The van der Waals surface area contributed by atoms with Gasteiger partial charge in [-0.05, 0) is 23.8 Å². The predicted octanol–water partition coefficient (Wildman–Crippen LogP) is 2.73. The molecule has 21 heavy (non-hydrogen) atoms. The third kappa shape index (κ3) is 3.06. The van der Waals surface area contributed by atoms with E-state index in [1.54, 1.807) is 18.2 Å². The van der Waals surface area contributed by atoms with Crippen molar-refractivity contribution in [1.82, 2.24) is 0 Å². The van der Waals surface area contributed by atoms with E-state index in [1.165, 1.54) is 0 Å². The molecule has 2 aromatic carbocycles. The molecule has 3 rings (SSSR count). The molecule has 0 saturated carbocycles.